The Hall–Kier alpha value is -2.15. The molecule has 3 heterocycles. The van der Waals surface area contributed by atoms with Crippen LogP contribution in [-0.2, 0) is 17.6 Å². The molecule has 0 aromatic carbocycles. The van der Waals surface area contributed by atoms with Gasteiger partial charge in [0.15, 0.2) is 11.0 Å². The average Bonchev–Trinajstić information content (AvgIpc) is 3.41. The third-order valence-corrected chi connectivity index (χ3v) is 8.74. The molecule has 1 aliphatic rings. The third kappa shape index (κ3) is 4.29. The lowest BCUT2D eigenvalue weighted by Crippen LogP contribution is -2.15. The van der Waals surface area contributed by atoms with Crippen LogP contribution in [-0.4, -0.2) is 26.4 Å². The van der Waals surface area contributed by atoms with E-state index in [2.05, 4.69) is 59.2 Å². The molecular weight excluding hydrogens is 446 g/mol. The Kier molecular flexibility index (Phi) is 6.51. The largest absolute Gasteiger partial charge is 0.316 e. The molecule has 1 aliphatic carbocycles. The van der Waals surface area contributed by atoms with E-state index in [0.717, 1.165) is 47.8 Å². The number of carbonyl (C=O) groups is 1. The number of nitrogens with zero attached hydrogens (tertiary/aromatic N) is 4. The first kappa shape index (κ1) is 22.1. The van der Waals surface area contributed by atoms with Gasteiger partial charge in [-0.2, -0.15) is 5.26 Å². The Bertz CT molecular complexity index is 1160. The van der Waals surface area contributed by atoms with Gasteiger partial charge in [-0.25, -0.2) is 0 Å². The van der Waals surface area contributed by atoms with Crippen LogP contribution < -0.4 is 5.32 Å². The number of thioether (sulfide) groups is 1. The molecule has 0 fully saturated rings. The van der Waals surface area contributed by atoms with E-state index in [-0.39, 0.29) is 17.7 Å². The van der Waals surface area contributed by atoms with Crippen molar-refractivity contribution in [1.82, 2.24) is 14.8 Å². The summed E-state index contributed by atoms with van der Waals surface area (Å²) < 4.78 is 2.09. The smallest absolute Gasteiger partial charge is 0.235 e. The van der Waals surface area contributed by atoms with E-state index in [4.69, 9.17) is 0 Å². The molecule has 6 nitrogen and oxygen atoms in total. The van der Waals surface area contributed by atoms with Crippen LogP contribution in [0.2, 0.25) is 0 Å². The molecule has 0 atom stereocenters. The Morgan fingerprint density at radius 2 is 2.10 bits per heavy atom. The zero-order valence-electron chi connectivity index (χ0n) is 18.1. The lowest BCUT2D eigenvalue weighted by molar-refractivity contribution is -0.113. The number of nitriles is 1. The van der Waals surface area contributed by atoms with Crippen molar-refractivity contribution in [2.45, 2.75) is 64.6 Å². The second-order valence-electron chi connectivity index (χ2n) is 7.96. The highest BCUT2D eigenvalue weighted by molar-refractivity contribution is 7.99. The number of carbonyl (C=O) groups excluding carboxylic acids is 1. The summed E-state index contributed by atoms with van der Waals surface area (Å²) in [5.74, 6) is 0.944. The van der Waals surface area contributed by atoms with Crippen molar-refractivity contribution in [3.05, 3.63) is 31.8 Å². The number of aryl methyl sites for hydroxylation is 2. The summed E-state index contributed by atoms with van der Waals surface area (Å²) in [5.41, 5.74) is 4.10. The van der Waals surface area contributed by atoms with E-state index >= 15 is 0 Å². The lowest BCUT2D eigenvalue weighted by atomic mass is 9.96. The summed E-state index contributed by atoms with van der Waals surface area (Å²) in [6, 6.07) is 2.47. The van der Waals surface area contributed by atoms with Crippen LogP contribution in [0.1, 0.15) is 59.2 Å². The molecule has 3 aromatic rings. The zero-order valence-corrected chi connectivity index (χ0v) is 20.6. The van der Waals surface area contributed by atoms with Crippen molar-refractivity contribution >= 4 is 45.3 Å². The standard InChI is InChI=1S/C22H25N5OS3/c1-12(2)27-20(17-10-29-14(4)13(17)3)25-26-22(27)30-11-19(28)24-21-16(9-23)15-7-5-6-8-18(15)31-21/h10,12H,5-8,11H2,1-4H3,(H,24,28). The first-order valence-corrected chi connectivity index (χ1v) is 13.1. The van der Waals surface area contributed by atoms with E-state index in [9.17, 15) is 10.1 Å². The van der Waals surface area contributed by atoms with Crippen LogP contribution in [0.15, 0.2) is 10.5 Å². The summed E-state index contributed by atoms with van der Waals surface area (Å²) in [5, 5.41) is 24.9. The molecule has 9 heteroatoms. The Labute approximate surface area is 194 Å². The normalized spacial score (nSPS) is 13.3. The Morgan fingerprint density at radius 1 is 1.32 bits per heavy atom. The van der Waals surface area contributed by atoms with Gasteiger partial charge in [-0.3, -0.25) is 9.36 Å². The fraction of sp³-hybridized carbons (Fsp3) is 0.455. The molecule has 0 spiro atoms. The van der Waals surface area contributed by atoms with E-state index in [1.165, 1.54) is 27.1 Å². The molecule has 3 aromatic heterocycles. The van der Waals surface area contributed by atoms with E-state index < -0.39 is 0 Å². The molecule has 0 bridgehead atoms. The van der Waals surface area contributed by atoms with Crippen molar-refractivity contribution in [3.8, 4) is 17.5 Å². The summed E-state index contributed by atoms with van der Waals surface area (Å²) in [4.78, 5) is 15.2. The summed E-state index contributed by atoms with van der Waals surface area (Å²) in [7, 11) is 0. The number of hydrogen-bond donors (Lipinski definition) is 1. The molecule has 0 saturated carbocycles. The van der Waals surface area contributed by atoms with E-state index in [1.54, 1.807) is 22.7 Å². The predicted octanol–water partition coefficient (Wildman–Crippen LogP) is 5.75. The van der Waals surface area contributed by atoms with Crippen molar-refractivity contribution in [3.63, 3.8) is 0 Å². The molecule has 1 N–H and O–H groups in total. The number of thiophene rings is 2. The van der Waals surface area contributed by atoms with Gasteiger partial charge in [0.2, 0.25) is 5.91 Å². The number of hydrogen-bond acceptors (Lipinski definition) is 7. The monoisotopic (exact) mass is 471 g/mol. The first-order chi connectivity index (χ1) is 14.9. The molecule has 0 aliphatic heterocycles. The number of fused-ring (bicyclic) bond motifs is 1. The number of amides is 1. The minimum Gasteiger partial charge on any atom is -0.316 e. The van der Waals surface area contributed by atoms with E-state index in [1.807, 2.05) is 0 Å². The predicted molar refractivity (Wildman–Crippen MR) is 128 cm³/mol. The Morgan fingerprint density at radius 3 is 2.77 bits per heavy atom. The second-order valence-corrected chi connectivity index (χ2v) is 11.1. The number of rotatable bonds is 6. The maximum absolute atomic E-state index is 12.7. The van der Waals surface area contributed by atoms with Gasteiger partial charge in [-0.15, -0.1) is 32.9 Å². The van der Waals surface area contributed by atoms with Gasteiger partial charge in [0.1, 0.15) is 11.1 Å². The minimum atomic E-state index is -0.123. The quantitative estimate of drug-likeness (QED) is 0.463. The minimum absolute atomic E-state index is 0.123. The first-order valence-electron chi connectivity index (χ1n) is 10.4. The van der Waals surface area contributed by atoms with Gasteiger partial charge in [-0.1, -0.05) is 11.8 Å². The highest BCUT2D eigenvalue weighted by atomic mass is 32.2. The number of anilines is 1. The Balaban J connectivity index is 1.50. The second kappa shape index (κ2) is 9.15. The van der Waals surface area contributed by atoms with Crippen LogP contribution in [0.25, 0.3) is 11.4 Å². The lowest BCUT2D eigenvalue weighted by Gasteiger charge is -2.13. The maximum atomic E-state index is 12.7. The van der Waals surface area contributed by atoms with Gasteiger partial charge in [-0.05, 0) is 64.5 Å². The molecule has 4 rings (SSSR count). The fourth-order valence-electron chi connectivity index (χ4n) is 3.82. The fourth-order valence-corrected chi connectivity index (χ4v) is 6.81. The van der Waals surface area contributed by atoms with Crippen LogP contribution in [0.3, 0.4) is 0 Å². The highest BCUT2D eigenvalue weighted by Gasteiger charge is 2.23. The average molecular weight is 472 g/mol. The molecule has 162 valence electrons. The molecule has 0 radical (unpaired) electrons. The summed E-state index contributed by atoms with van der Waals surface area (Å²) in [6.07, 6.45) is 4.19. The number of aromatic nitrogens is 3. The van der Waals surface area contributed by atoms with Crippen LogP contribution >= 0.6 is 34.4 Å². The molecule has 0 saturated heterocycles. The van der Waals surface area contributed by atoms with Crippen LogP contribution in [0.5, 0.6) is 0 Å². The summed E-state index contributed by atoms with van der Waals surface area (Å²) in [6.45, 7) is 8.41. The van der Waals surface area contributed by atoms with Crippen molar-refractivity contribution < 1.29 is 4.79 Å². The third-order valence-electron chi connectivity index (χ3n) is 5.58. The van der Waals surface area contributed by atoms with Gasteiger partial charge in [0, 0.05) is 26.7 Å². The molecule has 0 unspecified atom stereocenters. The van der Waals surface area contributed by atoms with Gasteiger partial charge in [0.05, 0.1) is 11.3 Å². The number of nitrogens with one attached hydrogen (secondary N) is 1. The molecular formula is C22H25N5OS3. The van der Waals surface area contributed by atoms with Crippen molar-refractivity contribution in [2.24, 2.45) is 0 Å². The van der Waals surface area contributed by atoms with Gasteiger partial charge < -0.3 is 5.32 Å². The molecule has 31 heavy (non-hydrogen) atoms. The topological polar surface area (TPSA) is 83.6 Å². The van der Waals surface area contributed by atoms with E-state index in [0.29, 0.717) is 10.6 Å². The maximum Gasteiger partial charge on any atom is 0.235 e. The van der Waals surface area contributed by atoms with Gasteiger partial charge in [0.25, 0.3) is 0 Å². The highest BCUT2D eigenvalue weighted by Crippen LogP contribution is 2.38. The zero-order chi connectivity index (χ0) is 22.1. The SMILES string of the molecule is Cc1scc(-c2nnc(SCC(=O)Nc3sc4c(c3C#N)CCCC4)n2C(C)C)c1C. The van der Waals surface area contributed by atoms with Crippen molar-refractivity contribution in [1.29, 1.82) is 5.26 Å². The summed E-state index contributed by atoms with van der Waals surface area (Å²) >= 11 is 4.65. The van der Waals surface area contributed by atoms with Crippen LogP contribution in [0.4, 0.5) is 5.00 Å². The molecule has 1 amide bonds. The van der Waals surface area contributed by atoms with Crippen molar-refractivity contribution in [2.75, 3.05) is 11.1 Å². The van der Waals surface area contributed by atoms with Gasteiger partial charge >= 0.3 is 0 Å². The van der Waals surface area contributed by atoms with Crippen LogP contribution in [0, 0.1) is 25.2 Å².